The Morgan fingerprint density at radius 2 is 1.69 bits per heavy atom. The van der Waals surface area contributed by atoms with Crippen LogP contribution < -0.4 is 4.72 Å². The molecule has 0 unspecified atom stereocenters. The Hall–Kier alpha value is -3.75. The number of carbonyl (C=O) groups is 1. The molecule has 0 radical (unpaired) electrons. The molecule has 0 saturated carbocycles. The molecule has 1 fully saturated rings. The van der Waals surface area contributed by atoms with Gasteiger partial charge in [-0.1, -0.05) is 48.5 Å². The number of rotatable bonds is 6. The van der Waals surface area contributed by atoms with Crippen LogP contribution in [0.1, 0.15) is 22.8 Å². The zero-order valence-corrected chi connectivity index (χ0v) is 20.9. The molecule has 1 atom stereocenters. The van der Waals surface area contributed by atoms with Crippen LogP contribution in [0, 0.1) is 0 Å². The van der Waals surface area contributed by atoms with E-state index in [0.29, 0.717) is 29.9 Å². The van der Waals surface area contributed by atoms with E-state index < -0.39 is 10.0 Å². The summed E-state index contributed by atoms with van der Waals surface area (Å²) in [5.74, 6) is -0.0473. The number of amides is 1. The van der Waals surface area contributed by atoms with Gasteiger partial charge < -0.3 is 4.90 Å². The molecule has 1 aromatic heterocycles. The van der Waals surface area contributed by atoms with Crippen LogP contribution in [0.25, 0.3) is 10.9 Å². The number of aromatic nitrogens is 1. The molecule has 5 rings (SSSR count). The van der Waals surface area contributed by atoms with Crippen molar-refractivity contribution in [1.29, 1.82) is 0 Å². The summed E-state index contributed by atoms with van der Waals surface area (Å²) >= 11 is 0. The molecule has 0 bridgehead atoms. The van der Waals surface area contributed by atoms with Gasteiger partial charge in [0.25, 0.3) is 15.9 Å². The zero-order chi connectivity index (χ0) is 25.1. The maximum atomic E-state index is 13.1. The molecule has 36 heavy (non-hydrogen) atoms. The highest BCUT2D eigenvalue weighted by Gasteiger charge is 2.27. The minimum absolute atomic E-state index is 0.0473. The Bertz CT molecular complexity index is 1470. The number of fused-ring (bicyclic) bond motifs is 1. The van der Waals surface area contributed by atoms with Gasteiger partial charge in [0, 0.05) is 55.1 Å². The van der Waals surface area contributed by atoms with Crippen LogP contribution in [-0.4, -0.2) is 54.8 Å². The highest BCUT2D eigenvalue weighted by molar-refractivity contribution is 7.93. The summed E-state index contributed by atoms with van der Waals surface area (Å²) in [5, 5.41) is 0.749. The van der Waals surface area contributed by atoms with Gasteiger partial charge in [0.15, 0.2) is 0 Å². The van der Waals surface area contributed by atoms with Gasteiger partial charge in [0.05, 0.1) is 5.52 Å². The molecule has 1 aliphatic heterocycles. The first-order chi connectivity index (χ1) is 17.4. The normalized spacial score (nSPS) is 16.7. The number of piperazine rings is 1. The van der Waals surface area contributed by atoms with Gasteiger partial charge in [0.1, 0.15) is 4.90 Å². The molecular weight excluding hydrogens is 472 g/mol. The van der Waals surface area contributed by atoms with E-state index >= 15 is 0 Å². The lowest BCUT2D eigenvalue weighted by atomic mass is 10.1. The fraction of sp³-hybridized carbons (Fsp3) is 0.214. The smallest absolute Gasteiger partial charge is 0.264 e. The zero-order valence-electron chi connectivity index (χ0n) is 20.0. The average Bonchev–Trinajstić information content (AvgIpc) is 2.90. The number of anilines is 1. The van der Waals surface area contributed by atoms with Crippen molar-refractivity contribution in [2.75, 3.05) is 24.4 Å². The van der Waals surface area contributed by atoms with E-state index in [2.05, 4.69) is 33.7 Å². The fourth-order valence-corrected chi connectivity index (χ4v) is 5.84. The van der Waals surface area contributed by atoms with Crippen LogP contribution in [0.5, 0.6) is 0 Å². The summed E-state index contributed by atoms with van der Waals surface area (Å²) < 4.78 is 28.7. The van der Waals surface area contributed by atoms with Crippen molar-refractivity contribution in [3.8, 4) is 0 Å². The molecule has 3 aromatic carbocycles. The number of nitrogens with one attached hydrogen (secondary N) is 1. The molecule has 184 valence electrons. The van der Waals surface area contributed by atoms with Gasteiger partial charge in [-0.05, 0) is 48.9 Å². The van der Waals surface area contributed by atoms with Crippen LogP contribution in [0.3, 0.4) is 0 Å². The Kier molecular flexibility index (Phi) is 6.71. The second-order valence-corrected chi connectivity index (χ2v) is 10.7. The highest BCUT2D eigenvalue weighted by Crippen LogP contribution is 2.24. The molecule has 8 heteroatoms. The van der Waals surface area contributed by atoms with Gasteiger partial charge in [-0.15, -0.1) is 0 Å². The van der Waals surface area contributed by atoms with Crippen molar-refractivity contribution >= 4 is 32.5 Å². The van der Waals surface area contributed by atoms with E-state index in [4.69, 9.17) is 0 Å². The monoisotopic (exact) mass is 500 g/mol. The van der Waals surface area contributed by atoms with E-state index in [0.717, 1.165) is 18.5 Å². The number of sulfonamides is 1. The quantitative estimate of drug-likeness (QED) is 0.425. The van der Waals surface area contributed by atoms with Crippen LogP contribution in [0.2, 0.25) is 0 Å². The van der Waals surface area contributed by atoms with Crippen molar-refractivity contribution in [3.63, 3.8) is 0 Å². The first-order valence-corrected chi connectivity index (χ1v) is 13.4. The SMILES string of the molecule is C[C@@H]1CN(C(=O)c2ccc(NS(=O)(=O)c3cccc4cccnc34)cc2)CCN1Cc1ccccc1. The van der Waals surface area contributed by atoms with E-state index in [1.165, 1.54) is 11.6 Å². The molecular formula is C28H28N4O3S. The van der Waals surface area contributed by atoms with Crippen LogP contribution in [-0.2, 0) is 16.6 Å². The van der Waals surface area contributed by atoms with Crippen LogP contribution in [0.4, 0.5) is 5.69 Å². The number of pyridine rings is 1. The largest absolute Gasteiger partial charge is 0.336 e. The molecule has 2 heterocycles. The van der Waals surface area contributed by atoms with Crippen molar-refractivity contribution in [2.45, 2.75) is 24.4 Å². The van der Waals surface area contributed by atoms with Gasteiger partial charge in [-0.3, -0.25) is 19.4 Å². The van der Waals surface area contributed by atoms with Gasteiger partial charge in [0.2, 0.25) is 0 Å². The van der Waals surface area contributed by atoms with Crippen molar-refractivity contribution < 1.29 is 13.2 Å². The minimum Gasteiger partial charge on any atom is -0.336 e. The molecule has 1 amide bonds. The second-order valence-electron chi connectivity index (χ2n) is 9.07. The van der Waals surface area contributed by atoms with E-state index in [1.54, 1.807) is 42.6 Å². The lowest BCUT2D eigenvalue weighted by Crippen LogP contribution is -2.53. The number of hydrogen-bond donors (Lipinski definition) is 1. The number of hydrogen-bond acceptors (Lipinski definition) is 5. The molecule has 4 aromatic rings. The van der Waals surface area contributed by atoms with Crippen molar-refractivity contribution in [2.24, 2.45) is 0 Å². The molecule has 1 aliphatic rings. The highest BCUT2D eigenvalue weighted by atomic mass is 32.2. The first-order valence-electron chi connectivity index (χ1n) is 11.9. The molecule has 0 spiro atoms. The summed E-state index contributed by atoms with van der Waals surface area (Å²) in [6.45, 7) is 5.11. The summed E-state index contributed by atoms with van der Waals surface area (Å²) in [4.78, 5) is 21.7. The van der Waals surface area contributed by atoms with Crippen LogP contribution >= 0.6 is 0 Å². The van der Waals surface area contributed by atoms with Crippen molar-refractivity contribution in [1.82, 2.24) is 14.8 Å². The third-order valence-electron chi connectivity index (χ3n) is 6.55. The van der Waals surface area contributed by atoms with Gasteiger partial charge in [-0.2, -0.15) is 0 Å². The molecule has 0 aliphatic carbocycles. The molecule has 1 N–H and O–H groups in total. The Morgan fingerprint density at radius 3 is 2.44 bits per heavy atom. The minimum atomic E-state index is -3.85. The number of carbonyl (C=O) groups excluding carboxylic acids is 1. The second kappa shape index (κ2) is 10.1. The third kappa shape index (κ3) is 5.10. The summed E-state index contributed by atoms with van der Waals surface area (Å²) in [6.07, 6.45) is 1.57. The topological polar surface area (TPSA) is 82.6 Å². The lowest BCUT2D eigenvalue weighted by molar-refractivity contribution is 0.0495. The Balaban J connectivity index is 1.24. The number of nitrogens with zero attached hydrogens (tertiary/aromatic N) is 3. The maximum absolute atomic E-state index is 13.1. The molecule has 7 nitrogen and oxygen atoms in total. The number of para-hydroxylation sites is 1. The standard InChI is InChI=1S/C28H28N4O3S/c1-21-19-32(18-17-31(21)20-22-7-3-2-4-8-22)28(33)24-12-14-25(15-13-24)30-36(34,35)26-11-5-9-23-10-6-16-29-27(23)26/h2-16,21,30H,17-20H2,1H3/t21-/m1/s1. The number of benzene rings is 3. The van der Waals surface area contributed by atoms with E-state index in [9.17, 15) is 13.2 Å². The van der Waals surface area contributed by atoms with E-state index in [1.807, 2.05) is 35.2 Å². The molecule has 1 saturated heterocycles. The summed E-state index contributed by atoms with van der Waals surface area (Å²) in [5.41, 5.74) is 2.61. The summed E-state index contributed by atoms with van der Waals surface area (Å²) in [7, 11) is -3.85. The Labute approximate surface area is 211 Å². The average molecular weight is 501 g/mol. The third-order valence-corrected chi connectivity index (χ3v) is 7.96. The Morgan fingerprint density at radius 1 is 0.944 bits per heavy atom. The van der Waals surface area contributed by atoms with E-state index in [-0.39, 0.29) is 16.8 Å². The first kappa shape index (κ1) is 24.0. The predicted octanol–water partition coefficient (Wildman–Crippen LogP) is 4.38. The fourth-order valence-electron chi connectivity index (χ4n) is 4.60. The van der Waals surface area contributed by atoms with Crippen LogP contribution in [0.15, 0.2) is 96.0 Å². The summed E-state index contributed by atoms with van der Waals surface area (Å²) in [6, 6.07) is 25.8. The lowest BCUT2D eigenvalue weighted by Gasteiger charge is -2.40. The predicted molar refractivity (Wildman–Crippen MR) is 141 cm³/mol. The maximum Gasteiger partial charge on any atom is 0.264 e. The van der Waals surface area contributed by atoms with Gasteiger partial charge >= 0.3 is 0 Å². The van der Waals surface area contributed by atoms with Crippen molar-refractivity contribution in [3.05, 3.63) is 102 Å². The van der Waals surface area contributed by atoms with Gasteiger partial charge in [-0.25, -0.2) is 8.42 Å².